The van der Waals surface area contributed by atoms with Crippen LogP contribution >= 0.6 is 0 Å². The molecule has 7 nitrogen and oxygen atoms in total. The maximum atomic E-state index is 13.7. The van der Waals surface area contributed by atoms with Gasteiger partial charge in [-0.15, -0.1) is 0 Å². The third-order valence-corrected chi connectivity index (χ3v) is 9.57. The Hall–Kier alpha value is -2.07. The summed E-state index contributed by atoms with van der Waals surface area (Å²) in [7, 11) is -3.76. The van der Waals surface area contributed by atoms with Crippen molar-refractivity contribution in [2.24, 2.45) is 11.8 Å². The van der Waals surface area contributed by atoms with Gasteiger partial charge < -0.3 is 9.88 Å². The molecular weight excluding hydrogens is 510 g/mol. The van der Waals surface area contributed by atoms with Crippen molar-refractivity contribution in [3.63, 3.8) is 0 Å². The number of nitrogens with zero attached hydrogens (tertiary/aromatic N) is 3. The second-order valence-corrected chi connectivity index (χ2v) is 14.5. The van der Waals surface area contributed by atoms with Crippen LogP contribution in [-0.2, 0) is 26.8 Å². The summed E-state index contributed by atoms with van der Waals surface area (Å²) in [4.78, 5) is 17.3. The summed E-state index contributed by atoms with van der Waals surface area (Å²) >= 11 is 0. The summed E-state index contributed by atoms with van der Waals surface area (Å²) in [6, 6.07) is 5.13. The van der Waals surface area contributed by atoms with E-state index in [-0.39, 0.29) is 46.9 Å². The van der Waals surface area contributed by atoms with E-state index in [0.717, 1.165) is 17.8 Å². The van der Waals surface area contributed by atoms with Crippen LogP contribution < -0.4 is 5.32 Å². The van der Waals surface area contributed by atoms with E-state index >= 15 is 0 Å². The number of imidazole rings is 1. The fraction of sp³-hybridized carbons (Fsp3) is 0.714. The molecule has 0 unspecified atom stereocenters. The first-order valence-electron chi connectivity index (χ1n) is 13.8. The number of hydrogen-bond donors (Lipinski definition) is 1. The Kier molecular flexibility index (Phi) is 8.25. The van der Waals surface area contributed by atoms with E-state index in [1.165, 1.54) is 4.31 Å². The molecule has 1 N–H and O–H groups in total. The van der Waals surface area contributed by atoms with E-state index in [1.807, 2.05) is 13.8 Å². The first-order valence-corrected chi connectivity index (χ1v) is 15.3. The number of sulfonamides is 1. The van der Waals surface area contributed by atoms with Gasteiger partial charge in [0.25, 0.3) is 0 Å². The van der Waals surface area contributed by atoms with Gasteiger partial charge in [-0.2, -0.15) is 4.31 Å². The molecule has 1 atom stereocenters. The molecule has 0 bridgehead atoms. The molecule has 1 amide bonds. The Labute approximate surface area is 225 Å². The second kappa shape index (κ2) is 10.8. The second-order valence-electron chi connectivity index (χ2n) is 12.5. The molecule has 2 aromatic rings. The number of piperidine rings is 1. The van der Waals surface area contributed by atoms with Crippen molar-refractivity contribution in [3.8, 4) is 0 Å². The zero-order valence-corrected chi connectivity index (χ0v) is 24.1. The fourth-order valence-electron chi connectivity index (χ4n) is 5.77. The normalized spacial score (nSPS) is 21.7. The van der Waals surface area contributed by atoms with Crippen molar-refractivity contribution in [1.29, 1.82) is 0 Å². The Morgan fingerprint density at radius 2 is 1.84 bits per heavy atom. The summed E-state index contributed by atoms with van der Waals surface area (Å²) in [5.74, 6) is -1.68. The summed E-state index contributed by atoms with van der Waals surface area (Å²) < 4.78 is 58.3. The van der Waals surface area contributed by atoms with Crippen LogP contribution in [0.2, 0.25) is 0 Å². The number of hydrogen-bond acceptors (Lipinski definition) is 4. The number of fused-ring (bicyclic) bond motifs is 1. The van der Waals surface area contributed by atoms with Crippen molar-refractivity contribution < 1.29 is 22.0 Å². The molecule has 2 fully saturated rings. The van der Waals surface area contributed by atoms with Gasteiger partial charge >= 0.3 is 0 Å². The number of rotatable bonds is 7. The van der Waals surface area contributed by atoms with Gasteiger partial charge in [0.05, 0.1) is 15.9 Å². The summed E-state index contributed by atoms with van der Waals surface area (Å²) in [5, 5.41) is 2.89. The van der Waals surface area contributed by atoms with Gasteiger partial charge in [0.2, 0.25) is 21.9 Å². The molecule has 38 heavy (non-hydrogen) atoms. The number of carbonyl (C=O) groups is 1. The molecule has 10 heteroatoms. The maximum absolute atomic E-state index is 13.7. The van der Waals surface area contributed by atoms with Crippen molar-refractivity contribution in [2.75, 3.05) is 13.1 Å². The molecular formula is C28H42F2N4O3S. The lowest BCUT2D eigenvalue weighted by atomic mass is 9.86. The SMILES string of the molecule is CC(C)NC(=O)C[C@@H]1CCCN(S(=O)(=O)c2ccc3c(c2)nc(C(C)(C)C)n3CC2CCC(F)(F)CC2)C1. The number of amides is 1. The summed E-state index contributed by atoms with van der Waals surface area (Å²) in [6.45, 7) is 11.3. The number of halogens is 2. The van der Waals surface area contributed by atoms with Crippen molar-refractivity contribution >= 4 is 27.0 Å². The lowest BCUT2D eigenvalue weighted by Crippen LogP contribution is -2.42. The maximum Gasteiger partial charge on any atom is 0.248 e. The number of nitrogens with one attached hydrogen (secondary N) is 1. The molecule has 1 aromatic carbocycles. The van der Waals surface area contributed by atoms with Gasteiger partial charge in [-0.1, -0.05) is 20.8 Å². The molecule has 1 aliphatic heterocycles. The largest absolute Gasteiger partial charge is 0.354 e. The molecule has 1 saturated carbocycles. The van der Waals surface area contributed by atoms with Crippen LogP contribution in [0.5, 0.6) is 0 Å². The lowest BCUT2D eigenvalue weighted by molar-refractivity contribution is -0.122. The van der Waals surface area contributed by atoms with Crippen LogP contribution in [0, 0.1) is 11.8 Å². The molecule has 212 valence electrons. The number of carbonyl (C=O) groups excluding carboxylic acids is 1. The molecule has 4 rings (SSSR count). The highest BCUT2D eigenvalue weighted by Gasteiger charge is 2.36. The van der Waals surface area contributed by atoms with Crippen LogP contribution in [0.1, 0.15) is 85.4 Å². The number of aromatic nitrogens is 2. The average molecular weight is 553 g/mol. The first kappa shape index (κ1) is 28.9. The molecule has 1 saturated heterocycles. The van der Waals surface area contributed by atoms with Gasteiger partial charge in [0.15, 0.2) is 0 Å². The van der Waals surface area contributed by atoms with Crippen LogP contribution in [0.3, 0.4) is 0 Å². The predicted molar refractivity (Wildman–Crippen MR) is 145 cm³/mol. The minimum atomic E-state index is -3.76. The van der Waals surface area contributed by atoms with E-state index < -0.39 is 15.9 Å². The molecule has 0 spiro atoms. The Morgan fingerprint density at radius 3 is 2.47 bits per heavy atom. The Morgan fingerprint density at radius 1 is 1.16 bits per heavy atom. The zero-order chi connectivity index (χ0) is 27.9. The third-order valence-electron chi connectivity index (χ3n) is 7.71. The zero-order valence-electron chi connectivity index (χ0n) is 23.3. The van der Waals surface area contributed by atoms with Crippen LogP contribution in [0.4, 0.5) is 8.78 Å². The van der Waals surface area contributed by atoms with Gasteiger partial charge in [0, 0.05) is 50.4 Å². The van der Waals surface area contributed by atoms with Crippen molar-refractivity contribution in [2.45, 2.75) is 108 Å². The van der Waals surface area contributed by atoms with Gasteiger partial charge in [-0.05, 0) is 69.6 Å². The third kappa shape index (κ3) is 6.55. The van der Waals surface area contributed by atoms with E-state index in [9.17, 15) is 22.0 Å². The highest BCUT2D eigenvalue weighted by atomic mass is 32.2. The average Bonchev–Trinajstić information content (AvgIpc) is 3.18. The predicted octanol–water partition coefficient (Wildman–Crippen LogP) is 5.47. The van der Waals surface area contributed by atoms with E-state index in [4.69, 9.17) is 4.98 Å². The smallest absolute Gasteiger partial charge is 0.248 e. The molecule has 2 heterocycles. The topological polar surface area (TPSA) is 84.3 Å². The van der Waals surface area contributed by atoms with Gasteiger partial charge in [-0.25, -0.2) is 22.2 Å². The van der Waals surface area contributed by atoms with Crippen LogP contribution in [-0.4, -0.2) is 53.2 Å². The van der Waals surface area contributed by atoms with Crippen molar-refractivity contribution in [3.05, 3.63) is 24.0 Å². The minimum absolute atomic E-state index is 0.0180. The van der Waals surface area contributed by atoms with E-state index in [2.05, 4.69) is 30.7 Å². The molecule has 0 radical (unpaired) electrons. The molecule has 1 aromatic heterocycles. The van der Waals surface area contributed by atoms with Gasteiger partial charge in [0.1, 0.15) is 5.82 Å². The van der Waals surface area contributed by atoms with Crippen LogP contribution in [0.25, 0.3) is 11.0 Å². The van der Waals surface area contributed by atoms with Crippen LogP contribution in [0.15, 0.2) is 23.1 Å². The number of benzene rings is 1. The van der Waals surface area contributed by atoms with E-state index in [0.29, 0.717) is 50.8 Å². The standard InChI is InChI=1S/C28H42F2N4O3S/c1-19(2)31-25(35)15-21-7-6-14-33(17-21)38(36,37)22-8-9-24-23(16-22)32-26(27(3,4)5)34(24)18-20-10-12-28(29,30)13-11-20/h8-9,16,19-21H,6-7,10-15,17-18H2,1-5H3,(H,31,35)/t21-/m0/s1. The fourth-order valence-corrected chi connectivity index (χ4v) is 7.35. The van der Waals surface area contributed by atoms with Gasteiger partial charge in [-0.3, -0.25) is 4.79 Å². The minimum Gasteiger partial charge on any atom is -0.354 e. The molecule has 2 aliphatic rings. The highest BCUT2D eigenvalue weighted by molar-refractivity contribution is 7.89. The lowest BCUT2D eigenvalue weighted by Gasteiger charge is -2.31. The monoisotopic (exact) mass is 552 g/mol. The van der Waals surface area contributed by atoms with Crippen molar-refractivity contribution in [1.82, 2.24) is 19.2 Å². The first-order chi connectivity index (χ1) is 17.7. The highest BCUT2D eigenvalue weighted by Crippen LogP contribution is 2.38. The summed E-state index contributed by atoms with van der Waals surface area (Å²) in [5.41, 5.74) is 1.13. The Balaban J connectivity index is 1.58. The Bertz CT molecular complexity index is 1260. The summed E-state index contributed by atoms with van der Waals surface area (Å²) in [6.07, 6.45) is 2.60. The quantitative estimate of drug-likeness (QED) is 0.493. The van der Waals surface area contributed by atoms with E-state index in [1.54, 1.807) is 18.2 Å². The number of alkyl halides is 2. The molecule has 1 aliphatic carbocycles.